The van der Waals surface area contributed by atoms with Crippen molar-refractivity contribution < 1.29 is 33.1 Å². The van der Waals surface area contributed by atoms with Crippen LogP contribution in [0.5, 0.6) is 0 Å². The molecule has 0 spiro atoms. The average Bonchev–Trinajstić information content (AvgIpc) is 1.82. The maximum absolute atomic E-state index is 10.0. The van der Waals surface area contributed by atoms with Crippen molar-refractivity contribution in [3.63, 3.8) is 0 Å². The molecule has 0 heterocycles. The van der Waals surface area contributed by atoms with Crippen LogP contribution in [0.4, 0.5) is 0 Å². The van der Waals surface area contributed by atoms with Gasteiger partial charge in [-0.1, -0.05) is 0 Å². The number of hydrogen-bond donors (Lipinski definition) is 4. The quantitative estimate of drug-likeness (QED) is 0.393. The van der Waals surface area contributed by atoms with E-state index in [-0.39, 0.29) is 0 Å². The lowest BCUT2D eigenvalue weighted by atomic mass is 10.2. The van der Waals surface area contributed by atoms with Crippen molar-refractivity contribution in [1.82, 2.24) is 0 Å². The highest BCUT2D eigenvalue weighted by molar-refractivity contribution is 7.85. The van der Waals surface area contributed by atoms with Crippen molar-refractivity contribution in [2.24, 2.45) is 0 Å². The van der Waals surface area contributed by atoms with E-state index in [9.17, 15) is 13.2 Å². The highest BCUT2D eigenvalue weighted by Gasteiger charge is 2.29. The molecule has 0 aromatic rings. The monoisotopic (exact) mass is 199 g/mol. The Morgan fingerprint density at radius 2 is 1.75 bits per heavy atom. The molecule has 0 aromatic heterocycles. The molecule has 71 valence electrons. The topological polar surface area (TPSA) is 132 Å². The second-order valence-corrected chi connectivity index (χ2v) is 3.45. The predicted octanol–water partition coefficient (Wildman–Crippen LogP) is -1.78. The Hall–Kier alpha value is -0.700. The van der Waals surface area contributed by atoms with Gasteiger partial charge in [-0.2, -0.15) is 8.42 Å². The van der Waals surface area contributed by atoms with Gasteiger partial charge in [0.15, 0.2) is 0 Å². The first-order valence-electron chi connectivity index (χ1n) is 2.66. The van der Waals surface area contributed by atoms with Gasteiger partial charge < -0.3 is 15.3 Å². The zero-order valence-corrected chi connectivity index (χ0v) is 6.52. The van der Waals surface area contributed by atoms with Crippen LogP contribution in [0.1, 0.15) is 0 Å². The molecular formula is C4H7O7S. The second kappa shape index (κ2) is 3.81. The third-order valence-corrected chi connectivity index (χ3v) is 1.64. The fourth-order valence-corrected chi connectivity index (χ4v) is 0.978. The second-order valence-electron chi connectivity index (χ2n) is 1.95. The Kier molecular flexibility index (Phi) is 3.58. The molecule has 0 fully saturated rings. The maximum Gasteiger partial charge on any atom is 0.342 e. The molecule has 0 amide bonds. The molecule has 1 atom stereocenters. The Labute approximate surface area is 68.0 Å². The molecule has 0 saturated carbocycles. The van der Waals surface area contributed by atoms with Crippen LogP contribution in [-0.2, 0) is 14.9 Å². The molecule has 1 radical (unpaired) electrons. The lowest BCUT2D eigenvalue weighted by Gasteiger charge is -2.09. The summed E-state index contributed by atoms with van der Waals surface area (Å²) in [5, 5.41) is 25.1. The van der Waals surface area contributed by atoms with Gasteiger partial charge in [0, 0.05) is 0 Å². The molecule has 0 aliphatic heterocycles. The summed E-state index contributed by atoms with van der Waals surface area (Å²) < 4.78 is 28.2. The smallest absolute Gasteiger partial charge is 0.342 e. The van der Waals surface area contributed by atoms with E-state index in [0.29, 0.717) is 0 Å². The molecule has 0 saturated heterocycles. The van der Waals surface area contributed by atoms with Gasteiger partial charge in [-0.25, -0.2) is 4.79 Å². The summed E-state index contributed by atoms with van der Waals surface area (Å²) in [7, 11) is -4.50. The molecule has 0 aliphatic rings. The van der Waals surface area contributed by atoms with E-state index in [1.165, 1.54) is 0 Å². The standard InChI is InChI=1S/C4H7O7S/c5-2(1-12(9,10)11)3(6)4(7)8/h2,5-6H,1H2,(H,7,8)(H,9,10,11). The third kappa shape index (κ3) is 4.23. The van der Waals surface area contributed by atoms with E-state index in [1.807, 2.05) is 0 Å². The van der Waals surface area contributed by atoms with Crippen molar-refractivity contribution in [2.75, 3.05) is 5.75 Å². The zero-order valence-electron chi connectivity index (χ0n) is 5.71. The highest BCUT2D eigenvalue weighted by Crippen LogP contribution is 2.04. The minimum Gasteiger partial charge on any atom is -0.479 e. The average molecular weight is 199 g/mol. The van der Waals surface area contributed by atoms with E-state index in [0.717, 1.165) is 0 Å². The van der Waals surface area contributed by atoms with E-state index < -0.39 is 34.0 Å². The van der Waals surface area contributed by atoms with Crippen molar-refractivity contribution in [3.8, 4) is 0 Å². The molecule has 12 heavy (non-hydrogen) atoms. The summed E-state index contributed by atoms with van der Waals surface area (Å²) in [6.45, 7) is 0. The minimum absolute atomic E-state index is 1.24. The van der Waals surface area contributed by atoms with Crippen molar-refractivity contribution in [1.29, 1.82) is 0 Å². The van der Waals surface area contributed by atoms with Crippen LogP contribution in [0.15, 0.2) is 0 Å². The van der Waals surface area contributed by atoms with Crippen LogP contribution < -0.4 is 0 Å². The van der Waals surface area contributed by atoms with Gasteiger partial charge in [0.25, 0.3) is 10.1 Å². The van der Waals surface area contributed by atoms with Gasteiger partial charge in [-0.15, -0.1) is 0 Å². The number of carboxylic acids is 1. The van der Waals surface area contributed by atoms with Gasteiger partial charge in [-0.3, -0.25) is 4.55 Å². The summed E-state index contributed by atoms with van der Waals surface area (Å²) in [4.78, 5) is 9.90. The number of carbonyl (C=O) groups is 1. The van der Waals surface area contributed by atoms with E-state index in [2.05, 4.69) is 0 Å². The Bertz CT molecular complexity index is 255. The van der Waals surface area contributed by atoms with Gasteiger partial charge >= 0.3 is 5.97 Å². The summed E-state index contributed by atoms with van der Waals surface area (Å²) >= 11 is 0. The SMILES string of the molecule is O=C(O)[C](O)C(O)CS(=O)(=O)O. The first-order valence-corrected chi connectivity index (χ1v) is 4.27. The summed E-state index contributed by atoms with van der Waals surface area (Å²) in [5.41, 5.74) is 0. The fourth-order valence-electron chi connectivity index (χ4n) is 0.421. The summed E-state index contributed by atoms with van der Waals surface area (Å²) in [6, 6.07) is 0. The Morgan fingerprint density at radius 3 is 2.00 bits per heavy atom. The first kappa shape index (κ1) is 11.3. The molecule has 0 bridgehead atoms. The normalized spacial score (nSPS) is 14.7. The minimum atomic E-state index is -4.50. The number of hydrogen-bond acceptors (Lipinski definition) is 5. The zero-order chi connectivity index (χ0) is 9.94. The number of aliphatic hydroxyl groups excluding tert-OH is 2. The molecule has 4 N–H and O–H groups in total. The number of carboxylic acid groups (broad SMARTS) is 1. The van der Waals surface area contributed by atoms with E-state index >= 15 is 0 Å². The molecule has 7 nitrogen and oxygen atoms in total. The van der Waals surface area contributed by atoms with E-state index in [4.69, 9.17) is 19.9 Å². The van der Waals surface area contributed by atoms with Crippen LogP contribution in [0.2, 0.25) is 0 Å². The molecule has 0 aromatic carbocycles. The molecule has 8 heteroatoms. The van der Waals surface area contributed by atoms with Crippen LogP contribution in [0, 0.1) is 6.10 Å². The first-order chi connectivity index (χ1) is 5.24. The van der Waals surface area contributed by atoms with E-state index in [1.54, 1.807) is 0 Å². The molecule has 1 unspecified atom stereocenters. The number of rotatable bonds is 4. The summed E-state index contributed by atoms with van der Waals surface area (Å²) in [5.74, 6) is -3.09. The van der Waals surface area contributed by atoms with Crippen molar-refractivity contribution in [2.45, 2.75) is 6.10 Å². The van der Waals surface area contributed by atoms with Crippen LogP contribution in [-0.4, -0.2) is 46.1 Å². The van der Waals surface area contributed by atoms with Gasteiger partial charge in [0.05, 0.1) is 0 Å². The third-order valence-electron chi connectivity index (χ3n) is 0.903. The Morgan fingerprint density at radius 1 is 1.33 bits per heavy atom. The van der Waals surface area contributed by atoms with Crippen LogP contribution in [0.25, 0.3) is 0 Å². The number of aliphatic hydroxyl groups is 2. The van der Waals surface area contributed by atoms with Crippen LogP contribution >= 0.6 is 0 Å². The lowest BCUT2D eigenvalue weighted by Crippen LogP contribution is -2.31. The largest absolute Gasteiger partial charge is 0.479 e. The van der Waals surface area contributed by atoms with Gasteiger partial charge in [-0.05, 0) is 0 Å². The fraction of sp³-hybridized carbons (Fsp3) is 0.500. The molecular weight excluding hydrogens is 192 g/mol. The Balaban J connectivity index is 4.23. The highest BCUT2D eigenvalue weighted by atomic mass is 32.2. The van der Waals surface area contributed by atoms with Gasteiger partial charge in [0.1, 0.15) is 11.9 Å². The predicted molar refractivity (Wildman–Crippen MR) is 35.2 cm³/mol. The van der Waals surface area contributed by atoms with Gasteiger partial charge in [0.2, 0.25) is 6.10 Å². The maximum atomic E-state index is 10.0. The van der Waals surface area contributed by atoms with Crippen molar-refractivity contribution >= 4 is 16.1 Å². The van der Waals surface area contributed by atoms with Crippen LogP contribution in [0.3, 0.4) is 0 Å². The lowest BCUT2D eigenvalue weighted by molar-refractivity contribution is -0.142. The molecule has 0 aliphatic carbocycles. The number of aliphatic carboxylic acids is 1. The summed E-state index contributed by atoms with van der Waals surface area (Å²) in [6.07, 6.45) is -3.54. The molecule has 0 rings (SSSR count). The van der Waals surface area contributed by atoms with Crippen molar-refractivity contribution in [3.05, 3.63) is 6.10 Å².